The Morgan fingerprint density at radius 1 is 0.957 bits per heavy atom. The predicted octanol–water partition coefficient (Wildman–Crippen LogP) is 2.51. The molecular formula is C17H13N3O3. The smallest absolute Gasteiger partial charge is 0.338 e. The Kier molecular flexibility index (Phi) is 4.24. The molecule has 3 aromatic rings. The third kappa shape index (κ3) is 3.49. The van der Waals surface area contributed by atoms with Gasteiger partial charge in [0.1, 0.15) is 5.82 Å². The maximum atomic E-state index is 12.0. The highest BCUT2D eigenvalue weighted by Gasteiger charge is 2.12. The molecule has 0 radical (unpaired) electrons. The summed E-state index contributed by atoms with van der Waals surface area (Å²) >= 11 is 0. The van der Waals surface area contributed by atoms with Crippen molar-refractivity contribution >= 4 is 11.8 Å². The largest absolute Gasteiger partial charge is 0.454 e. The number of carbonyl (C=O) groups excluding carboxylic acids is 2. The molecule has 0 saturated heterocycles. The van der Waals surface area contributed by atoms with E-state index < -0.39 is 5.97 Å². The van der Waals surface area contributed by atoms with Crippen LogP contribution in [0.1, 0.15) is 20.7 Å². The maximum absolute atomic E-state index is 12.0. The van der Waals surface area contributed by atoms with Crippen LogP contribution in [0.4, 0.5) is 0 Å². The van der Waals surface area contributed by atoms with Crippen LogP contribution in [0.5, 0.6) is 0 Å². The maximum Gasteiger partial charge on any atom is 0.338 e. The minimum atomic E-state index is -0.543. The zero-order valence-electron chi connectivity index (χ0n) is 12.1. The molecule has 0 bridgehead atoms. The summed E-state index contributed by atoms with van der Waals surface area (Å²) in [5, 5.41) is 0. The Bertz CT molecular complexity index is 797. The molecule has 0 saturated carbocycles. The Morgan fingerprint density at radius 3 is 2.35 bits per heavy atom. The van der Waals surface area contributed by atoms with Crippen molar-refractivity contribution < 1.29 is 14.3 Å². The number of hydrogen-bond donors (Lipinski definition) is 1. The van der Waals surface area contributed by atoms with E-state index in [0.717, 1.165) is 11.4 Å². The number of H-pyrrole nitrogens is 1. The fourth-order valence-electron chi connectivity index (χ4n) is 2.02. The SMILES string of the molecule is O=C(COC(=O)c1ccc(-c2ncc[nH]2)cc1)c1ccncc1. The van der Waals surface area contributed by atoms with Gasteiger partial charge in [0, 0.05) is 35.9 Å². The molecule has 0 aliphatic heterocycles. The van der Waals surface area contributed by atoms with Crippen LogP contribution in [0.25, 0.3) is 11.4 Å². The van der Waals surface area contributed by atoms with Gasteiger partial charge in [-0.1, -0.05) is 12.1 Å². The summed E-state index contributed by atoms with van der Waals surface area (Å²) in [6, 6.07) is 9.96. The lowest BCUT2D eigenvalue weighted by Gasteiger charge is -2.05. The highest BCUT2D eigenvalue weighted by molar-refractivity contribution is 5.99. The molecular weight excluding hydrogens is 294 g/mol. The molecule has 0 fully saturated rings. The molecule has 0 aliphatic carbocycles. The fourth-order valence-corrected chi connectivity index (χ4v) is 2.02. The lowest BCUT2D eigenvalue weighted by Crippen LogP contribution is -2.14. The van der Waals surface area contributed by atoms with Gasteiger partial charge >= 0.3 is 5.97 Å². The van der Waals surface area contributed by atoms with Crippen molar-refractivity contribution in [3.8, 4) is 11.4 Å². The fraction of sp³-hybridized carbons (Fsp3) is 0.0588. The van der Waals surface area contributed by atoms with E-state index in [0.29, 0.717) is 11.1 Å². The predicted molar refractivity (Wildman–Crippen MR) is 82.9 cm³/mol. The van der Waals surface area contributed by atoms with Gasteiger partial charge in [-0.15, -0.1) is 0 Å². The number of aromatic nitrogens is 3. The highest BCUT2D eigenvalue weighted by atomic mass is 16.5. The Labute approximate surface area is 132 Å². The topological polar surface area (TPSA) is 84.9 Å². The van der Waals surface area contributed by atoms with Crippen LogP contribution in [-0.4, -0.2) is 33.3 Å². The average molecular weight is 307 g/mol. The standard InChI is InChI=1S/C17H13N3O3/c21-15(12-5-7-18-8-6-12)11-23-17(22)14-3-1-13(2-4-14)16-19-9-10-20-16/h1-10H,11H2,(H,19,20). The van der Waals surface area contributed by atoms with Crippen LogP contribution < -0.4 is 0 Å². The van der Waals surface area contributed by atoms with Gasteiger partial charge in [-0.2, -0.15) is 0 Å². The summed E-state index contributed by atoms with van der Waals surface area (Å²) in [5.41, 5.74) is 1.70. The molecule has 3 rings (SSSR count). The Hall–Kier alpha value is -3.28. The van der Waals surface area contributed by atoms with Crippen molar-refractivity contribution in [3.05, 3.63) is 72.3 Å². The molecule has 0 amide bonds. The summed E-state index contributed by atoms with van der Waals surface area (Å²) in [7, 11) is 0. The Morgan fingerprint density at radius 2 is 1.70 bits per heavy atom. The number of nitrogens with zero attached hydrogens (tertiary/aromatic N) is 2. The zero-order chi connectivity index (χ0) is 16.1. The summed E-state index contributed by atoms with van der Waals surface area (Å²) in [6.45, 7) is -0.303. The van der Waals surface area contributed by atoms with Crippen molar-refractivity contribution in [1.29, 1.82) is 0 Å². The minimum Gasteiger partial charge on any atom is -0.454 e. The van der Waals surface area contributed by atoms with Gasteiger partial charge in [0.2, 0.25) is 0 Å². The highest BCUT2D eigenvalue weighted by Crippen LogP contribution is 2.15. The molecule has 6 nitrogen and oxygen atoms in total. The zero-order valence-corrected chi connectivity index (χ0v) is 12.1. The van der Waals surface area contributed by atoms with Gasteiger partial charge in [0.05, 0.1) is 5.56 Å². The van der Waals surface area contributed by atoms with Crippen LogP contribution in [0.2, 0.25) is 0 Å². The molecule has 0 spiro atoms. The van der Waals surface area contributed by atoms with Crippen molar-refractivity contribution in [1.82, 2.24) is 15.0 Å². The summed E-state index contributed by atoms with van der Waals surface area (Å²) < 4.78 is 5.04. The second kappa shape index (κ2) is 6.65. The van der Waals surface area contributed by atoms with E-state index in [1.165, 1.54) is 12.4 Å². The first-order valence-electron chi connectivity index (χ1n) is 6.94. The summed E-state index contributed by atoms with van der Waals surface area (Å²) in [5.74, 6) is -0.0934. The van der Waals surface area contributed by atoms with E-state index in [-0.39, 0.29) is 12.4 Å². The summed E-state index contributed by atoms with van der Waals surface area (Å²) in [4.78, 5) is 34.8. The molecule has 0 aliphatic rings. The number of esters is 1. The van der Waals surface area contributed by atoms with Crippen LogP contribution in [0.3, 0.4) is 0 Å². The van der Waals surface area contributed by atoms with Gasteiger partial charge in [0.15, 0.2) is 12.4 Å². The van der Waals surface area contributed by atoms with Crippen LogP contribution in [0.15, 0.2) is 61.2 Å². The average Bonchev–Trinajstić information content (AvgIpc) is 3.15. The third-order valence-corrected chi connectivity index (χ3v) is 3.23. The van der Waals surface area contributed by atoms with Crippen LogP contribution in [-0.2, 0) is 4.74 Å². The molecule has 0 unspecified atom stereocenters. The first kappa shape index (κ1) is 14.6. The molecule has 2 heterocycles. The van der Waals surface area contributed by atoms with Crippen LogP contribution >= 0.6 is 0 Å². The molecule has 1 aromatic carbocycles. The van der Waals surface area contributed by atoms with Gasteiger partial charge < -0.3 is 9.72 Å². The first-order chi connectivity index (χ1) is 11.2. The number of imidazole rings is 1. The number of pyridine rings is 1. The normalized spacial score (nSPS) is 10.3. The monoisotopic (exact) mass is 307 g/mol. The van der Waals surface area contributed by atoms with E-state index in [1.54, 1.807) is 48.8 Å². The van der Waals surface area contributed by atoms with Gasteiger partial charge in [-0.3, -0.25) is 9.78 Å². The number of rotatable bonds is 5. The quantitative estimate of drug-likeness (QED) is 0.578. The molecule has 114 valence electrons. The first-order valence-corrected chi connectivity index (χ1v) is 6.94. The lowest BCUT2D eigenvalue weighted by atomic mass is 10.1. The number of hydrogen-bond acceptors (Lipinski definition) is 5. The van der Waals surface area contributed by atoms with E-state index in [9.17, 15) is 9.59 Å². The molecule has 23 heavy (non-hydrogen) atoms. The number of ketones is 1. The van der Waals surface area contributed by atoms with E-state index in [4.69, 9.17) is 4.74 Å². The van der Waals surface area contributed by atoms with Crippen molar-refractivity contribution in [2.75, 3.05) is 6.61 Å². The number of carbonyl (C=O) groups is 2. The van der Waals surface area contributed by atoms with Gasteiger partial charge in [-0.05, 0) is 24.3 Å². The van der Waals surface area contributed by atoms with E-state index in [2.05, 4.69) is 15.0 Å². The van der Waals surface area contributed by atoms with Crippen molar-refractivity contribution in [2.45, 2.75) is 0 Å². The number of aromatic amines is 1. The second-order valence-electron chi connectivity index (χ2n) is 4.75. The van der Waals surface area contributed by atoms with Crippen LogP contribution in [0, 0.1) is 0 Å². The van der Waals surface area contributed by atoms with Gasteiger partial charge in [0.25, 0.3) is 0 Å². The van der Waals surface area contributed by atoms with E-state index in [1.807, 2.05) is 0 Å². The van der Waals surface area contributed by atoms with Crippen molar-refractivity contribution in [3.63, 3.8) is 0 Å². The Balaban J connectivity index is 1.61. The third-order valence-electron chi connectivity index (χ3n) is 3.23. The van der Waals surface area contributed by atoms with Gasteiger partial charge in [-0.25, -0.2) is 9.78 Å². The molecule has 1 N–H and O–H groups in total. The summed E-state index contributed by atoms with van der Waals surface area (Å²) in [6.07, 6.45) is 6.41. The number of benzene rings is 1. The van der Waals surface area contributed by atoms with E-state index >= 15 is 0 Å². The number of ether oxygens (including phenoxy) is 1. The minimum absolute atomic E-state index is 0.270. The second-order valence-corrected chi connectivity index (χ2v) is 4.75. The van der Waals surface area contributed by atoms with Crippen molar-refractivity contribution in [2.24, 2.45) is 0 Å². The molecule has 6 heteroatoms. The lowest BCUT2D eigenvalue weighted by molar-refractivity contribution is 0.0475. The number of Topliss-reactive ketones (excluding diaryl/α,β-unsaturated/α-hetero) is 1. The number of nitrogens with one attached hydrogen (secondary N) is 1. The molecule has 0 atom stereocenters. The molecule has 2 aromatic heterocycles.